The third kappa shape index (κ3) is 9.01. The molecule has 8 nitrogen and oxygen atoms in total. The van der Waals surface area contributed by atoms with Crippen molar-refractivity contribution in [1.82, 2.24) is 20.0 Å². The largest absolute Gasteiger partial charge is 0.485 e. The first-order valence-electron chi connectivity index (χ1n) is 14.8. The van der Waals surface area contributed by atoms with Crippen LogP contribution in [0.5, 0.6) is 5.75 Å². The number of aryl methyl sites for hydroxylation is 1. The molecule has 0 bridgehead atoms. The molecule has 11 heteroatoms. The van der Waals surface area contributed by atoms with Crippen molar-refractivity contribution in [3.05, 3.63) is 101 Å². The number of aromatic nitrogens is 2. The smallest absolute Gasteiger partial charge is 0.407 e. The molecule has 1 unspecified atom stereocenters. The maximum atomic E-state index is 14.4. The second kappa shape index (κ2) is 14.7. The first-order valence-corrected chi connectivity index (χ1v) is 17.7. The third-order valence-corrected chi connectivity index (χ3v) is 7.78. The summed E-state index contributed by atoms with van der Waals surface area (Å²) >= 11 is 0. The molecule has 0 radical (unpaired) electrons. The van der Waals surface area contributed by atoms with Crippen LogP contribution in [0.25, 0.3) is 5.65 Å². The predicted octanol–water partition coefficient (Wildman–Crippen LogP) is 6.72. The Balaban J connectivity index is 1.59. The minimum atomic E-state index is -1.19. The van der Waals surface area contributed by atoms with Crippen LogP contribution in [0.15, 0.2) is 60.8 Å². The van der Waals surface area contributed by atoms with Crippen molar-refractivity contribution >= 4 is 27.7 Å². The SMILES string of the molecule is CCCC(C)(CNC(=O)c1c(C)nc2c(OCc3c(F)cccc3F)cc(C#CS(C)(C)C)cn12)NC(=O)OCc1ccccc1. The van der Waals surface area contributed by atoms with Crippen molar-refractivity contribution < 1.29 is 27.8 Å². The number of alkyl carbamates (subject to hydrolysis) is 1. The normalized spacial score (nSPS) is 12.9. The van der Waals surface area contributed by atoms with Crippen LogP contribution in [-0.4, -0.2) is 52.2 Å². The quantitative estimate of drug-likeness (QED) is 0.176. The average molecular weight is 651 g/mol. The molecule has 4 aromatic rings. The van der Waals surface area contributed by atoms with Crippen molar-refractivity contribution in [2.45, 2.75) is 52.4 Å². The van der Waals surface area contributed by atoms with Gasteiger partial charge in [-0.05, 0) is 62.0 Å². The summed E-state index contributed by atoms with van der Waals surface area (Å²) in [5, 5.41) is 9.11. The lowest BCUT2D eigenvalue weighted by Gasteiger charge is -2.30. The first-order chi connectivity index (χ1) is 21.8. The monoisotopic (exact) mass is 650 g/mol. The van der Waals surface area contributed by atoms with E-state index in [1.54, 1.807) is 23.6 Å². The van der Waals surface area contributed by atoms with Crippen molar-refractivity contribution in [3.8, 4) is 16.9 Å². The molecule has 0 saturated heterocycles. The maximum absolute atomic E-state index is 14.4. The van der Waals surface area contributed by atoms with Gasteiger partial charge in [0.2, 0.25) is 0 Å². The van der Waals surface area contributed by atoms with E-state index < -0.39 is 39.2 Å². The van der Waals surface area contributed by atoms with Crippen LogP contribution in [0, 0.1) is 29.7 Å². The first kappa shape index (κ1) is 34.3. The lowest BCUT2D eigenvalue weighted by Crippen LogP contribution is -2.53. The number of rotatable bonds is 11. The van der Waals surface area contributed by atoms with E-state index in [1.165, 1.54) is 6.07 Å². The van der Waals surface area contributed by atoms with Gasteiger partial charge in [-0.3, -0.25) is 9.20 Å². The molecule has 2 amide bonds. The van der Waals surface area contributed by atoms with Crippen molar-refractivity contribution in [3.63, 3.8) is 0 Å². The number of carbonyl (C=O) groups excluding carboxylic acids is 2. The number of pyridine rings is 1. The summed E-state index contributed by atoms with van der Waals surface area (Å²) in [6.45, 7) is 5.38. The Morgan fingerprint density at radius 2 is 1.74 bits per heavy atom. The molecule has 244 valence electrons. The summed E-state index contributed by atoms with van der Waals surface area (Å²) in [6.07, 6.45) is 8.60. The van der Waals surface area contributed by atoms with Gasteiger partial charge in [0.05, 0.1) is 16.8 Å². The minimum Gasteiger partial charge on any atom is -0.485 e. The van der Waals surface area contributed by atoms with Crippen LogP contribution in [0.4, 0.5) is 13.6 Å². The number of hydrogen-bond donors (Lipinski definition) is 2. The van der Waals surface area contributed by atoms with E-state index in [9.17, 15) is 18.4 Å². The predicted molar refractivity (Wildman–Crippen MR) is 178 cm³/mol. The molecule has 0 saturated carbocycles. The fourth-order valence-corrected chi connectivity index (χ4v) is 5.24. The summed E-state index contributed by atoms with van der Waals surface area (Å²) in [7, 11) is -1.19. The number of hydrogen-bond acceptors (Lipinski definition) is 5. The average Bonchev–Trinajstić information content (AvgIpc) is 3.33. The Morgan fingerprint density at radius 3 is 2.39 bits per heavy atom. The standard InChI is InChI=1S/C35H40F2N4O4S/c1-7-17-35(3,40-34(43)45-21-25-12-9-8-10-13-25)23-38-33(42)31-24(2)39-32-30(44-22-27-28(36)14-11-15-29(27)37)19-26(20-41(31)32)16-18-46(4,5)6/h8-15,19-20H,7,17,21-23H2,1-6H3,(H,38,42)(H,40,43). The lowest BCUT2D eigenvalue weighted by atomic mass is 9.96. The van der Waals surface area contributed by atoms with Crippen molar-refractivity contribution in [1.29, 1.82) is 0 Å². The van der Waals surface area contributed by atoms with Gasteiger partial charge < -0.3 is 20.1 Å². The molecule has 4 rings (SSSR count). The van der Waals surface area contributed by atoms with Gasteiger partial charge in [-0.1, -0.05) is 55.7 Å². The molecular formula is C35H40F2N4O4S. The Bertz CT molecular complexity index is 1760. The van der Waals surface area contributed by atoms with Crippen molar-refractivity contribution in [2.24, 2.45) is 0 Å². The second-order valence-electron chi connectivity index (χ2n) is 12.1. The second-order valence-corrected chi connectivity index (χ2v) is 15.9. The molecule has 0 spiro atoms. The molecule has 0 aliphatic heterocycles. The van der Waals surface area contributed by atoms with E-state index >= 15 is 0 Å². The zero-order valence-corrected chi connectivity index (χ0v) is 27.8. The van der Waals surface area contributed by atoms with E-state index in [0.29, 0.717) is 23.3 Å². The van der Waals surface area contributed by atoms with Gasteiger partial charge in [0.15, 0.2) is 11.4 Å². The summed E-state index contributed by atoms with van der Waals surface area (Å²) in [4.78, 5) is 31.0. The Labute approximate surface area is 270 Å². The van der Waals surface area contributed by atoms with Gasteiger partial charge >= 0.3 is 6.09 Å². The summed E-state index contributed by atoms with van der Waals surface area (Å²) in [5.74, 6) is 1.49. The summed E-state index contributed by atoms with van der Waals surface area (Å²) in [5.41, 5.74) is 1.35. The van der Waals surface area contributed by atoms with Gasteiger partial charge in [-0.25, -0.2) is 18.6 Å². The van der Waals surface area contributed by atoms with Crippen LogP contribution in [0.3, 0.4) is 0 Å². The van der Waals surface area contributed by atoms with E-state index in [0.717, 1.165) is 24.1 Å². The highest BCUT2D eigenvalue weighted by Gasteiger charge is 2.29. The van der Waals surface area contributed by atoms with Gasteiger partial charge in [-0.15, -0.1) is 0 Å². The van der Waals surface area contributed by atoms with Crippen LogP contribution < -0.4 is 15.4 Å². The third-order valence-electron chi connectivity index (χ3n) is 7.07. The Morgan fingerprint density at radius 1 is 1.04 bits per heavy atom. The number of amides is 2. The number of benzene rings is 2. The van der Waals surface area contributed by atoms with E-state index in [4.69, 9.17) is 9.47 Å². The topological polar surface area (TPSA) is 94.0 Å². The number of halogens is 2. The van der Waals surface area contributed by atoms with Gasteiger partial charge in [0.1, 0.15) is 30.5 Å². The molecule has 46 heavy (non-hydrogen) atoms. The minimum absolute atomic E-state index is 0.121. The van der Waals surface area contributed by atoms with Crippen molar-refractivity contribution in [2.75, 3.05) is 25.3 Å². The fourth-order valence-electron chi connectivity index (χ4n) is 4.82. The highest BCUT2D eigenvalue weighted by molar-refractivity contribution is 8.35. The molecule has 0 fully saturated rings. The van der Waals surface area contributed by atoms with Gasteiger partial charge in [0.25, 0.3) is 5.91 Å². The van der Waals surface area contributed by atoms with E-state index in [1.807, 2.05) is 44.2 Å². The summed E-state index contributed by atoms with van der Waals surface area (Å²) < 4.78 is 41.6. The van der Waals surface area contributed by atoms with Crippen LogP contribution in [0.1, 0.15) is 59.6 Å². The zero-order chi connectivity index (χ0) is 33.5. The number of nitrogens with one attached hydrogen (secondary N) is 2. The van der Waals surface area contributed by atoms with E-state index in [-0.39, 0.29) is 36.8 Å². The van der Waals surface area contributed by atoms with Crippen LogP contribution >= 0.6 is 10.0 Å². The van der Waals surface area contributed by atoms with Gasteiger partial charge in [-0.2, -0.15) is 10.0 Å². The Hall–Kier alpha value is -4.56. The molecule has 2 aromatic carbocycles. The fraction of sp³-hybridized carbons (Fsp3) is 0.343. The summed E-state index contributed by atoms with van der Waals surface area (Å²) in [6, 6.07) is 14.6. The molecule has 1 atom stereocenters. The maximum Gasteiger partial charge on any atom is 0.407 e. The number of nitrogens with zero attached hydrogens (tertiary/aromatic N) is 2. The van der Waals surface area contributed by atoms with E-state index in [2.05, 4.69) is 45.6 Å². The molecule has 2 N–H and O–H groups in total. The molecule has 2 heterocycles. The molecule has 2 aromatic heterocycles. The number of imidazole rings is 1. The molecule has 0 aliphatic carbocycles. The highest BCUT2D eigenvalue weighted by atomic mass is 32.3. The van der Waals surface area contributed by atoms with Gasteiger partial charge in [0, 0.05) is 24.4 Å². The Kier molecular flexibility index (Phi) is 11.0. The number of carbonyl (C=O) groups is 2. The number of ether oxygens (including phenoxy) is 2. The lowest BCUT2D eigenvalue weighted by molar-refractivity contribution is 0.0921. The molecular weight excluding hydrogens is 610 g/mol. The van der Waals surface area contributed by atoms with Crippen LogP contribution in [0.2, 0.25) is 0 Å². The number of fused-ring (bicyclic) bond motifs is 1. The van der Waals surface area contributed by atoms with Crippen LogP contribution in [-0.2, 0) is 18.0 Å². The molecule has 0 aliphatic rings. The highest BCUT2D eigenvalue weighted by Crippen LogP contribution is 2.33. The zero-order valence-electron chi connectivity index (χ0n) is 27.0.